The number of morpholine rings is 1. The van der Waals surface area contributed by atoms with Gasteiger partial charge in [0.2, 0.25) is 5.91 Å². The predicted molar refractivity (Wildman–Crippen MR) is 106 cm³/mol. The van der Waals surface area contributed by atoms with Crippen molar-refractivity contribution in [3.63, 3.8) is 0 Å². The summed E-state index contributed by atoms with van der Waals surface area (Å²) in [5.41, 5.74) is 1.73. The summed E-state index contributed by atoms with van der Waals surface area (Å²) in [4.78, 5) is 17.1. The Morgan fingerprint density at radius 1 is 1.30 bits per heavy atom. The monoisotopic (exact) mass is 377 g/mol. The van der Waals surface area contributed by atoms with Crippen LogP contribution in [-0.4, -0.2) is 62.3 Å². The van der Waals surface area contributed by atoms with Crippen molar-refractivity contribution in [2.24, 2.45) is 0 Å². The molecular weight excluding hydrogens is 345 g/mol. The SMILES string of the molecule is CCCCN1CCOCC1C(=O)NC1CCN(c2cc(C)ccc2F)CC1. The van der Waals surface area contributed by atoms with Gasteiger partial charge < -0.3 is 15.0 Å². The van der Waals surface area contributed by atoms with Gasteiger partial charge in [-0.25, -0.2) is 4.39 Å². The quantitative estimate of drug-likeness (QED) is 0.828. The molecule has 1 N–H and O–H groups in total. The van der Waals surface area contributed by atoms with Crippen molar-refractivity contribution in [3.8, 4) is 0 Å². The van der Waals surface area contributed by atoms with Crippen molar-refractivity contribution < 1.29 is 13.9 Å². The summed E-state index contributed by atoms with van der Waals surface area (Å²) in [5.74, 6) is -0.0972. The van der Waals surface area contributed by atoms with Gasteiger partial charge in [-0.1, -0.05) is 19.4 Å². The van der Waals surface area contributed by atoms with Crippen molar-refractivity contribution in [1.29, 1.82) is 0 Å². The first-order valence-electron chi connectivity index (χ1n) is 10.2. The van der Waals surface area contributed by atoms with Gasteiger partial charge in [0.1, 0.15) is 11.9 Å². The van der Waals surface area contributed by atoms with Crippen LogP contribution in [0.4, 0.5) is 10.1 Å². The molecule has 5 nitrogen and oxygen atoms in total. The first-order valence-corrected chi connectivity index (χ1v) is 10.2. The van der Waals surface area contributed by atoms with E-state index in [2.05, 4.69) is 22.0 Å². The van der Waals surface area contributed by atoms with E-state index >= 15 is 0 Å². The Labute approximate surface area is 161 Å². The molecule has 0 radical (unpaired) electrons. The number of halogens is 1. The lowest BCUT2D eigenvalue weighted by molar-refractivity contribution is -0.133. The van der Waals surface area contributed by atoms with Crippen LogP contribution in [0.3, 0.4) is 0 Å². The number of ether oxygens (including phenoxy) is 1. The molecule has 1 aromatic rings. The van der Waals surface area contributed by atoms with E-state index in [0.717, 1.165) is 57.4 Å². The van der Waals surface area contributed by atoms with Crippen molar-refractivity contribution in [3.05, 3.63) is 29.6 Å². The van der Waals surface area contributed by atoms with Crippen LogP contribution in [-0.2, 0) is 9.53 Å². The molecular formula is C21H32FN3O2. The molecule has 1 unspecified atom stereocenters. The molecule has 0 spiro atoms. The lowest BCUT2D eigenvalue weighted by Gasteiger charge is -2.37. The molecule has 2 aliphatic heterocycles. The van der Waals surface area contributed by atoms with Gasteiger partial charge in [-0.05, 0) is 50.4 Å². The predicted octanol–water partition coefficient (Wildman–Crippen LogP) is 2.72. The maximum Gasteiger partial charge on any atom is 0.239 e. The maximum atomic E-state index is 14.1. The molecule has 150 valence electrons. The summed E-state index contributed by atoms with van der Waals surface area (Å²) in [6.07, 6.45) is 3.90. The Morgan fingerprint density at radius 2 is 2.07 bits per heavy atom. The number of carbonyl (C=O) groups is 1. The van der Waals surface area contributed by atoms with Crippen LogP contribution < -0.4 is 10.2 Å². The van der Waals surface area contributed by atoms with Gasteiger partial charge in [0.15, 0.2) is 0 Å². The number of unbranched alkanes of at least 4 members (excludes halogenated alkanes) is 1. The molecule has 0 aromatic heterocycles. The topological polar surface area (TPSA) is 44.8 Å². The zero-order valence-electron chi connectivity index (χ0n) is 16.5. The van der Waals surface area contributed by atoms with Crippen LogP contribution in [0, 0.1) is 12.7 Å². The second kappa shape index (κ2) is 9.51. The van der Waals surface area contributed by atoms with E-state index in [0.29, 0.717) is 18.9 Å². The van der Waals surface area contributed by atoms with Crippen molar-refractivity contribution >= 4 is 11.6 Å². The smallest absolute Gasteiger partial charge is 0.239 e. The molecule has 1 aromatic carbocycles. The van der Waals surface area contributed by atoms with Crippen molar-refractivity contribution in [2.45, 2.75) is 51.6 Å². The van der Waals surface area contributed by atoms with Crippen molar-refractivity contribution in [1.82, 2.24) is 10.2 Å². The number of aryl methyl sites for hydroxylation is 1. The fourth-order valence-electron chi connectivity index (χ4n) is 3.94. The summed E-state index contributed by atoms with van der Waals surface area (Å²) in [6, 6.07) is 5.20. The molecule has 0 bridgehead atoms. The van der Waals surface area contributed by atoms with E-state index in [1.165, 1.54) is 6.07 Å². The lowest BCUT2D eigenvalue weighted by Crippen LogP contribution is -2.56. The van der Waals surface area contributed by atoms with Crippen LogP contribution in [0.5, 0.6) is 0 Å². The van der Waals surface area contributed by atoms with Gasteiger partial charge >= 0.3 is 0 Å². The molecule has 1 atom stereocenters. The second-order valence-corrected chi connectivity index (χ2v) is 7.71. The van der Waals surface area contributed by atoms with Gasteiger partial charge in [-0.15, -0.1) is 0 Å². The van der Waals surface area contributed by atoms with E-state index in [4.69, 9.17) is 4.74 Å². The highest BCUT2D eigenvalue weighted by atomic mass is 19.1. The molecule has 1 amide bonds. The third kappa shape index (κ3) is 5.20. The summed E-state index contributed by atoms with van der Waals surface area (Å²) >= 11 is 0. The fraction of sp³-hybridized carbons (Fsp3) is 0.667. The summed E-state index contributed by atoms with van der Waals surface area (Å²) in [5, 5.41) is 3.21. The first-order chi connectivity index (χ1) is 13.1. The molecule has 3 rings (SSSR count). The van der Waals surface area contributed by atoms with Crippen molar-refractivity contribution in [2.75, 3.05) is 44.3 Å². The van der Waals surface area contributed by atoms with Gasteiger partial charge in [-0.2, -0.15) is 0 Å². The Kier molecular flexibility index (Phi) is 7.07. The number of carbonyl (C=O) groups excluding carboxylic acids is 1. The number of anilines is 1. The Morgan fingerprint density at radius 3 is 2.81 bits per heavy atom. The van der Waals surface area contributed by atoms with E-state index in [-0.39, 0.29) is 23.8 Å². The van der Waals surface area contributed by atoms with E-state index in [1.807, 2.05) is 13.0 Å². The van der Waals surface area contributed by atoms with Crippen LogP contribution in [0.15, 0.2) is 18.2 Å². The number of amides is 1. The van der Waals surface area contributed by atoms with Gasteiger partial charge in [0.05, 0.1) is 18.9 Å². The number of nitrogens with one attached hydrogen (secondary N) is 1. The van der Waals surface area contributed by atoms with Gasteiger partial charge in [0.25, 0.3) is 0 Å². The van der Waals surface area contributed by atoms with E-state index < -0.39 is 0 Å². The summed E-state index contributed by atoms with van der Waals surface area (Å²) < 4.78 is 19.7. The van der Waals surface area contributed by atoms with Crippen LogP contribution in [0.2, 0.25) is 0 Å². The third-order valence-electron chi connectivity index (χ3n) is 5.62. The molecule has 0 aliphatic carbocycles. The van der Waals surface area contributed by atoms with Crippen LogP contribution in [0.25, 0.3) is 0 Å². The second-order valence-electron chi connectivity index (χ2n) is 7.71. The Hall–Kier alpha value is -1.66. The van der Waals surface area contributed by atoms with E-state index in [9.17, 15) is 9.18 Å². The number of hydrogen-bond acceptors (Lipinski definition) is 4. The molecule has 2 saturated heterocycles. The van der Waals surface area contributed by atoms with Crippen LogP contribution >= 0.6 is 0 Å². The van der Waals surface area contributed by atoms with E-state index in [1.54, 1.807) is 6.07 Å². The fourth-order valence-corrected chi connectivity index (χ4v) is 3.94. The molecule has 6 heteroatoms. The Balaban J connectivity index is 1.52. The molecule has 2 fully saturated rings. The Bertz CT molecular complexity index is 632. The minimum atomic E-state index is -0.183. The normalized spacial score (nSPS) is 22.0. The van der Waals surface area contributed by atoms with Crippen LogP contribution in [0.1, 0.15) is 38.2 Å². The number of benzene rings is 1. The average molecular weight is 378 g/mol. The van der Waals surface area contributed by atoms with Gasteiger partial charge in [-0.3, -0.25) is 9.69 Å². The molecule has 2 heterocycles. The summed E-state index contributed by atoms with van der Waals surface area (Å²) in [6.45, 7) is 8.61. The maximum absolute atomic E-state index is 14.1. The largest absolute Gasteiger partial charge is 0.378 e. The minimum Gasteiger partial charge on any atom is -0.378 e. The number of piperidine rings is 1. The first kappa shape index (κ1) is 20.1. The highest BCUT2D eigenvalue weighted by molar-refractivity contribution is 5.82. The lowest BCUT2D eigenvalue weighted by atomic mass is 10.0. The summed E-state index contributed by atoms with van der Waals surface area (Å²) in [7, 11) is 0. The standard InChI is InChI=1S/C21H32FN3O2/c1-3-4-9-24-12-13-27-15-20(24)21(26)23-17-7-10-25(11-8-17)19-14-16(2)5-6-18(19)22/h5-6,14,17,20H,3-4,7-13,15H2,1-2H3,(H,23,26). The number of rotatable bonds is 6. The highest BCUT2D eigenvalue weighted by Gasteiger charge is 2.31. The highest BCUT2D eigenvalue weighted by Crippen LogP contribution is 2.24. The molecule has 2 aliphatic rings. The molecule has 0 saturated carbocycles. The number of hydrogen-bond donors (Lipinski definition) is 1. The minimum absolute atomic E-state index is 0.0750. The van der Waals surface area contributed by atoms with Gasteiger partial charge in [0, 0.05) is 25.7 Å². The third-order valence-corrected chi connectivity index (χ3v) is 5.62. The zero-order chi connectivity index (χ0) is 19.2. The average Bonchev–Trinajstić information content (AvgIpc) is 2.69. The number of nitrogens with zero attached hydrogens (tertiary/aromatic N) is 2. The molecule has 27 heavy (non-hydrogen) atoms. The zero-order valence-corrected chi connectivity index (χ0v) is 16.5.